The van der Waals surface area contributed by atoms with E-state index in [4.69, 9.17) is 16.0 Å². The molecule has 2 nitrogen and oxygen atoms in total. The van der Waals surface area contributed by atoms with Crippen LogP contribution < -0.4 is 0 Å². The molecule has 0 radical (unpaired) electrons. The second-order valence-electron chi connectivity index (χ2n) is 4.25. The first-order valence-electron chi connectivity index (χ1n) is 5.69. The highest BCUT2D eigenvalue weighted by molar-refractivity contribution is 6.30. The van der Waals surface area contributed by atoms with Crippen molar-refractivity contribution in [2.24, 2.45) is 0 Å². The van der Waals surface area contributed by atoms with Crippen molar-refractivity contribution in [1.29, 1.82) is 0 Å². The lowest BCUT2D eigenvalue weighted by Gasteiger charge is -1.96. The van der Waals surface area contributed by atoms with Crippen LogP contribution in [-0.2, 0) is 0 Å². The van der Waals surface area contributed by atoms with Gasteiger partial charge in [0.1, 0.15) is 10.7 Å². The predicted octanol–water partition coefficient (Wildman–Crippen LogP) is 4.79. The van der Waals surface area contributed by atoms with E-state index in [1.165, 1.54) is 0 Å². The van der Waals surface area contributed by atoms with E-state index in [0.29, 0.717) is 10.9 Å². The van der Waals surface area contributed by atoms with Crippen LogP contribution in [-0.4, -0.2) is 4.98 Å². The highest BCUT2D eigenvalue weighted by Gasteiger charge is 2.10. The molecule has 0 amide bonds. The molecule has 2 aromatic carbocycles. The second kappa shape index (κ2) is 3.47. The molecular formula is C15H8ClNO. The Morgan fingerprint density at radius 2 is 1.67 bits per heavy atom. The number of furan rings is 1. The van der Waals surface area contributed by atoms with Crippen molar-refractivity contribution in [1.82, 2.24) is 4.98 Å². The quantitative estimate of drug-likeness (QED) is 0.421. The zero-order valence-corrected chi connectivity index (χ0v) is 10.1. The molecule has 0 spiro atoms. The molecule has 0 unspecified atom stereocenters. The molecule has 0 aliphatic heterocycles. The number of fused-ring (bicyclic) bond motifs is 5. The Labute approximate surface area is 108 Å². The van der Waals surface area contributed by atoms with Gasteiger partial charge in [0, 0.05) is 16.2 Å². The molecule has 2 aromatic heterocycles. The molecule has 0 fully saturated rings. The van der Waals surface area contributed by atoms with E-state index in [1.807, 2.05) is 18.2 Å². The summed E-state index contributed by atoms with van der Waals surface area (Å²) in [5.74, 6) is 0. The van der Waals surface area contributed by atoms with Crippen molar-refractivity contribution in [3.8, 4) is 0 Å². The Hall–Kier alpha value is -2.06. The first kappa shape index (κ1) is 9.92. The minimum atomic E-state index is 0.450. The van der Waals surface area contributed by atoms with Crippen molar-refractivity contribution in [2.45, 2.75) is 0 Å². The summed E-state index contributed by atoms with van der Waals surface area (Å²) in [6.45, 7) is 0. The first-order chi connectivity index (χ1) is 8.83. The summed E-state index contributed by atoms with van der Waals surface area (Å²) in [7, 11) is 0. The van der Waals surface area contributed by atoms with Gasteiger partial charge in [0.2, 0.25) is 5.71 Å². The molecule has 3 heteroatoms. The second-order valence-corrected chi connectivity index (χ2v) is 4.64. The average Bonchev–Trinajstić information content (AvgIpc) is 2.76. The third-order valence-electron chi connectivity index (χ3n) is 3.19. The number of halogens is 1. The smallest absolute Gasteiger partial charge is 0.228 e. The highest BCUT2D eigenvalue weighted by Crippen LogP contribution is 2.33. The summed E-state index contributed by atoms with van der Waals surface area (Å²) in [6, 6.07) is 16.1. The van der Waals surface area contributed by atoms with E-state index < -0.39 is 0 Å². The fraction of sp³-hybridized carbons (Fsp3) is 0. The summed E-state index contributed by atoms with van der Waals surface area (Å²) >= 11 is 5.89. The van der Waals surface area contributed by atoms with Crippen LogP contribution in [0.3, 0.4) is 0 Å². The molecule has 2 heterocycles. The fourth-order valence-electron chi connectivity index (χ4n) is 2.36. The van der Waals surface area contributed by atoms with Crippen molar-refractivity contribution >= 4 is 44.4 Å². The average molecular weight is 254 g/mol. The van der Waals surface area contributed by atoms with E-state index in [9.17, 15) is 0 Å². The third kappa shape index (κ3) is 1.27. The summed E-state index contributed by atoms with van der Waals surface area (Å²) in [5.41, 5.74) is 1.46. The van der Waals surface area contributed by atoms with E-state index in [1.54, 1.807) is 6.07 Å². The Morgan fingerprint density at radius 3 is 2.61 bits per heavy atom. The molecule has 0 saturated heterocycles. The van der Waals surface area contributed by atoms with Crippen molar-refractivity contribution < 1.29 is 4.42 Å². The van der Waals surface area contributed by atoms with Crippen LogP contribution in [0.2, 0.25) is 5.15 Å². The van der Waals surface area contributed by atoms with Gasteiger partial charge in [-0.25, -0.2) is 4.98 Å². The van der Waals surface area contributed by atoms with Gasteiger partial charge in [-0.15, -0.1) is 0 Å². The normalized spacial score (nSPS) is 11.6. The van der Waals surface area contributed by atoms with Gasteiger partial charge in [-0.2, -0.15) is 0 Å². The minimum Gasteiger partial charge on any atom is -0.437 e. The van der Waals surface area contributed by atoms with Gasteiger partial charge < -0.3 is 4.42 Å². The molecule has 4 rings (SSSR count). The Kier molecular flexibility index (Phi) is 1.91. The number of nitrogens with zero attached hydrogens (tertiary/aromatic N) is 1. The number of rotatable bonds is 0. The number of hydrogen-bond donors (Lipinski definition) is 0. The molecule has 0 aliphatic carbocycles. The van der Waals surface area contributed by atoms with Crippen LogP contribution >= 0.6 is 11.6 Å². The number of benzene rings is 2. The molecule has 18 heavy (non-hydrogen) atoms. The molecule has 0 saturated carbocycles. The molecule has 0 aliphatic rings. The van der Waals surface area contributed by atoms with Gasteiger partial charge in [-0.3, -0.25) is 0 Å². The zero-order valence-electron chi connectivity index (χ0n) is 9.35. The van der Waals surface area contributed by atoms with Gasteiger partial charge >= 0.3 is 0 Å². The molecule has 4 aromatic rings. The maximum atomic E-state index is 5.89. The standard InChI is InChI=1S/C15H8ClNO/c16-13-8-7-12-11-6-5-9-3-1-2-4-10(9)14(11)18-15(12)17-13/h1-8H. The lowest BCUT2D eigenvalue weighted by Crippen LogP contribution is -1.73. The Bertz CT molecular complexity index is 895. The lowest BCUT2D eigenvalue weighted by molar-refractivity contribution is 0.658. The number of pyridine rings is 1. The SMILES string of the molecule is Clc1ccc2c(n1)oc1c3ccccc3ccc21. The highest BCUT2D eigenvalue weighted by atomic mass is 35.5. The number of hydrogen-bond acceptors (Lipinski definition) is 2. The zero-order chi connectivity index (χ0) is 12.1. The van der Waals surface area contributed by atoms with E-state index >= 15 is 0 Å². The van der Waals surface area contributed by atoms with Gasteiger partial charge in [0.05, 0.1) is 0 Å². The van der Waals surface area contributed by atoms with Crippen molar-refractivity contribution in [3.05, 3.63) is 53.7 Å². The molecule has 0 N–H and O–H groups in total. The fourth-order valence-corrected chi connectivity index (χ4v) is 2.50. The molecule has 0 bridgehead atoms. The lowest BCUT2D eigenvalue weighted by atomic mass is 10.1. The van der Waals surface area contributed by atoms with Crippen LogP contribution in [0, 0.1) is 0 Å². The van der Waals surface area contributed by atoms with Crippen molar-refractivity contribution in [2.75, 3.05) is 0 Å². The maximum Gasteiger partial charge on any atom is 0.228 e. The van der Waals surface area contributed by atoms with Crippen LogP contribution in [0.15, 0.2) is 52.9 Å². The predicted molar refractivity (Wildman–Crippen MR) is 74.0 cm³/mol. The van der Waals surface area contributed by atoms with Crippen LogP contribution in [0.4, 0.5) is 0 Å². The minimum absolute atomic E-state index is 0.450. The van der Waals surface area contributed by atoms with E-state index in [0.717, 1.165) is 27.1 Å². The third-order valence-corrected chi connectivity index (χ3v) is 3.41. The Morgan fingerprint density at radius 1 is 0.833 bits per heavy atom. The Balaban J connectivity index is 2.29. The van der Waals surface area contributed by atoms with E-state index in [-0.39, 0.29) is 0 Å². The molecule has 0 atom stereocenters. The summed E-state index contributed by atoms with van der Waals surface area (Å²) in [6.07, 6.45) is 0. The molecular weight excluding hydrogens is 246 g/mol. The van der Waals surface area contributed by atoms with Crippen LogP contribution in [0.1, 0.15) is 0 Å². The maximum absolute atomic E-state index is 5.89. The van der Waals surface area contributed by atoms with Gasteiger partial charge in [-0.05, 0) is 23.6 Å². The van der Waals surface area contributed by atoms with E-state index in [2.05, 4.69) is 29.2 Å². The van der Waals surface area contributed by atoms with Crippen LogP contribution in [0.5, 0.6) is 0 Å². The van der Waals surface area contributed by atoms with Gasteiger partial charge in [0.15, 0.2) is 0 Å². The molecule has 86 valence electrons. The van der Waals surface area contributed by atoms with Gasteiger partial charge in [0.25, 0.3) is 0 Å². The monoisotopic (exact) mass is 253 g/mol. The van der Waals surface area contributed by atoms with Crippen LogP contribution in [0.25, 0.3) is 32.8 Å². The summed E-state index contributed by atoms with van der Waals surface area (Å²) in [4.78, 5) is 4.22. The number of aromatic nitrogens is 1. The topological polar surface area (TPSA) is 26.0 Å². The largest absolute Gasteiger partial charge is 0.437 e. The summed E-state index contributed by atoms with van der Waals surface area (Å²) in [5, 5.41) is 4.79. The first-order valence-corrected chi connectivity index (χ1v) is 6.07. The summed E-state index contributed by atoms with van der Waals surface area (Å²) < 4.78 is 5.85. The van der Waals surface area contributed by atoms with Gasteiger partial charge in [-0.1, -0.05) is 41.9 Å². The van der Waals surface area contributed by atoms with Crippen molar-refractivity contribution in [3.63, 3.8) is 0 Å².